The molecule has 0 bridgehead atoms. The predicted molar refractivity (Wildman–Crippen MR) is 105 cm³/mol. The zero-order valence-electron chi connectivity index (χ0n) is 16.8. The lowest BCUT2D eigenvalue weighted by molar-refractivity contribution is 0.178. The first-order valence-corrected chi connectivity index (χ1v) is 10.3. The highest BCUT2D eigenvalue weighted by atomic mass is 16.3. The van der Waals surface area contributed by atoms with E-state index in [0.29, 0.717) is 18.5 Å². The molecule has 28 heavy (non-hydrogen) atoms. The van der Waals surface area contributed by atoms with Gasteiger partial charge in [-0.1, -0.05) is 0 Å². The highest BCUT2D eigenvalue weighted by Gasteiger charge is 2.29. The van der Waals surface area contributed by atoms with Crippen LogP contribution in [-0.2, 0) is 19.5 Å². The van der Waals surface area contributed by atoms with Crippen molar-refractivity contribution in [3.8, 4) is 0 Å². The summed E-state index contributed by atoms with van der Waals surface area (Å²) in [5, 5.41) is 11.9. The summed E-state index contributed by atoms with van der Waals surface area (Å²) in [6, 6.07) is 4.23. The van der Waals surface area contributed by atoms with Crippen molar-refractivity contribution >= 4 is 6.03 Å². The minimum Gasteiger partial charge on any atom is -0.467 e. The van der Waals surface area contributed by atoms with E-state index >= 15 is 0 Å². The van der Waals surface area contributed by atoms with Gasteiger partial charge >= 0.3 is 6.03 Å². The van der Waals surface area contributed by atoms with Crippen molar-refractivity contribution in [3.05, 3.63) is 35.8 Å². The van der Waals surface area contributed by atoms with Crippen LogP contribution < -0.4 is 5.32 Å². The van der Waals surface area contributed by atoms with E-state index in [9.17, 15) is 4.79 Å². The first kappa shape index (κ1) is 19.0. The van der Waals surface area contributed by atoms with Gasteiger partial charge in [-0.05, 0) is 38.8 Å². The molecule has 0 aliphatic carbocycles. The molecule has 0 saturated carbocycles. The minimum atomic E-state index is -0.0255. The fraction of sp³-hybridized carbons (Fsp3) is 0.650. The molecule has 8 heteroatoms. The van der Waals surface area contributed by atoms with Crippen molar-refractivity contribution in [1.82, 2.24) is 29.9 Å². The van der Waals surface area contributed by atoms with Gasteiger partial charge in [-0.25, -0.2) is 4.79 Å². The van der Waals surface area contributed by atoms with Crippen LogP contribution in [0, 0.1) is 0 Å². The van der Waals surface area contributed by atoms with Gasteiger partial charge in [0.15, 0.2) is 0 Å². The molecule has 8 nitrogen and oxygen atoms in total. The molecule has 2 aliphatic heterocycles. The number of carbonyl (C=O) groups excluding carboxylic acids is 1. The molecule has 2 aromatic heterocycles. The number of aromatic nitrogens is 3. The number of nitrogens with one attached hydrogen (secondary N) is 1. The average molecular weight is 387 g/mol. The smallest absolute Gasteiger partial charge is 0.317 e. The summed E-state index contributed by atoms with van der Waals surface area (Å²) in [4.78, 5) is 16.8. The molecule has 0 unspecified atom stereocenters. The number of urea groups is 1. The van der Waals surface area contributed by atoms with Crippen LogP contribution in [0.15, 0.2) is 22.8 Å². The Balaban J connectivity index is 1.32. The van der Waals surface area contributed by atoms with Crippen LogP contribution in [0.2, 0.25) is 0 Å². The Labute approximate surface area is 165 Å². The first-order chi connectivity index (χ1) is 13.6. The molecule has 1 fully saturated rings. The van der Waals surface area contributed by atoms with Crippen LogP contribution in [-0.4, -0.2) is 62.8 Å². The number of hydrogen-bond donors (Lipinski definition) is 1. The summed E-state index contributed by atoms with van der Waals surface area (Å²) >= 11 is 0. The molecule has 0 radical (unpaired) electrons. The Morgan fingerprint density at radius 2 is 2.04 bits per heavy atom. The Morgan fingerprint density at radius 3 is 2.75 bits per heavy atom. The molecular formula is C20H30N6O2. The highest BCUT2D eigenvalue weighted by molar-refractivity contribution is 5.74. The number of likely N-dealkylation sites (tertiary alicyclic amines) is 1. The number of carbonyl (C=O) groups is 1. The molecule has 0 aromatic carbocycles. The number of rotatable bonds is 4. The Kier molecular flexibility index (Phi) is 5.66. The van der Waals surface area contributed by atoms with E-state index in [-0.39, 0.29) is 6.03 Å². The van der Waals surface area contributed by atoms with Gasteiger partial charge in [-0.15, -0.1) is 10.2 Å². The minimum absolute atomic E-state index is 0.0255. The molecule has 4 rings (SSSR count). The number of hydrogen-bond acceptors (Lipinski definition) is 5. The van der Waals surface area contributed by atoms with E-state index in [1.54, 1.807) is 6.26 Å². The van der Waals surface area contributed by atoms with Crippen molar-refractivity contribution < 1.29 is 9.21 Å². The zero-order valence-corrected chi connectivity index (χ0v) is 16.8. The molecular weight excluding hydrogens is 356 g/mol. The molecule has 4 heterocycles. The van der Waals surface area contributed by atoms with E-state index in [2.05, 4.69) is 38.8 Å². The summed E-state index contributed by atoms with van der Waals surface area (Å²) in [5.74, 6) is 3.36. The maximum atomic E-state index is 12.4. The predicted octanol–water partition coefficient (Wildman–Crippen LogP) is 2.23. The normalized spacial score (nSPS) is 18.9. The lowest BCUT2D eigenvalue weighted by Crippen LogP contribution is -2.44. The molecule has 1 N–H and O–H groups in total. The summed E-state index contributed by atoms with van der Waals surface area (Å²) < 4.78 is 7.60. The Hall–Kier alpha value is -2.35. The molecule has 0 spiro atoms. The maximum Gasteiger partial charge on any atom is 0.317 e. The number of fused-ring (bicyclic) bond motifs is 1. The Morgan fingerprint density at radius 1 is 1.21 bits per heavy atom. The van der Waals surface area contributed by atoms with Crippen LogP contribution in [0.3, 0.4) is 0 Å². The average Bonchev–Trinajstić information content (AvgIpc) is 3.31. The molecule has 2 amide bonds. The van der Waals surface area contributed by atoms with Crippen LogP contribution in [0.5, 0.6) is 0 Å². The summed E-state index contributed by atoms with van der Waals surface area (Å²) in [6.07, 6.45) is 4.44. The van der Waals surface area contributed by atoms with Gasteiger partial charge in [0.25, 0.3) is 0 Å². The number of furan rings is 1. The molecule has 0 atom stereocenters. The van der Waals surface area contributed by atoms with Crippen LogP contribution in [0.4, 0.5) is 4.79 Å². The van der Waals surface area contributed by atoms with E-state index in [1.165, 1.54) is 0 Å². The van der Waals surface area contributed by atoms with Crippen LogP contribution >= 0.6 is 0 Å². The standard InChI is InChI=1S/C20H30N6O2/c1-15(2)24-10-7-18-22-23-19(26(18)12-11-24)16-5-8-25(9-6-16)20(27)21-14-17-4-3-13-28-17/h3-4,13,15-16H,5-12,14H2,1-2H3,(H,21,27). The number of amides is 2. The lowest BCUT2D eigenvalue weighted by atomic mass is 9.96. The van der Waals surface area contributed by atoms with Gasteiger partial charge in [0.2, 0.25) is 0 Å². The summed E-state index contributed by atoms with van der Waals surface area (Å²) in [5.41, 5.74) is 0. The van der Waals surface area contributed by atoms with Gasteiger partial charge in [0.1, 0.15) is 17.4 Å². The van der Waals surface area contributed by atoms with Gasteiger partial charge in [-0.3, -0.25) is 4.90 Å². The second-order valence-electron chi connectivity index (χ2n) is 8.01. The summed E-state index contributed by atoms with van der Waals surface area (Å²) in [7, 11) is 0. The third kappa shape index (κ3) is 4.06. The molecule has 152 valence electrons. The van der Waals surface area contributed by atoms with E-state index in [1.807, 2.05) is 17.0 Å². The molecule has 2 aliphatic rings. The molecule has 1 saturated heterocycles. The van der Waals surface area contributed by atoms with Crippen LogP contribution in [0.25, 0.3) is 0 Å². The quantitative estimate of drug-likeness (QED) is 0.872. The monoisotopic (exact) mass is 386 g/mol. The van der Waals surface area contributed by atoms with Gasteiger partial charge in [0, 0.05) is 51.1 Å². The van der Waals surface area contributed by atoms with Crippen molar-refractivity contribution in [3.63, 3.8) is 0 Å². The fourth-order valence-electron chi connectivity index (χ4n) is 4.21. The van der Waals surface area contributed by atoms with Crippen molar-refractivity contribution in [2.45, 2.75) is 58.2 Å². The first-order valence-electron chi connectivity index (χ1n) is 10.3. The SMILES string of the molecule is CC(C)N1CCc2nnc(C3CCN(C(=O)NCc4ccco4)CC3)n2CC1. The zero-order chi connectivity index (χ0) is 19.5. The third-order valence-electron chi connectivity index (χ3n) is 5.96. The molecule has 2 aromatic rings. The van der Waals surface area contributed by atoms with Crippen LogP contribution in [0.1, 0.15) is 50.0 Å². The van der Waals surface area contributed by atoms with Crippen molar-refractivity contribution in [1.29, 1.82) is 0 Å². The third-order valence-corrected chi connectivity index (χ3v) is 5.96. The topological polar surface area (TPSA) is 79.4 Å². The van der Waals surface area contributed by atoms with E-state index < -0.39 is 0 Å². The maximum absolute atomic E-state index is 12.4. The Bertz CT molecular complexity index is 777. The second-order valence-corrected chi connectivity index (χ2v) is 8.01. The van der Waals surface area contributed by atoms with Crippen molar-refractivity contribution in [2.75, 3.05) is 26.2 Å². The number of nitrogens with zero attached hydrogens (tertiary/aromatic N) is 5. The van der Waals surface area contributed by atoms with Gasteiger partial charge in [-0.2, -0.15) is 0 Å². The van der Waals surface area contributed by atoms with E-state index in [4.69, 9.17) is 4.42 Å². The van der Waals surface area contributed by atoms with Gasteiger partial charge in [0.05, 0.1) is 12.8 Å². The van der Waals surface area contributed by atoms with E-state index in [0.717, 1.165) is 69.4 Å². The highest BCUT2D eigenvalue weighted by Crippen LogP contribution is 2.28. The number of piperidine rings is 1. The largest absolute Gasteiger partial charge is 0.467 e. The van der Waals surface area contributed by atoms with Crippen molar-refractivity contribution in [2.24, 2.45) is 0 Å². The second kappa shape index (κ2) is 8.34. The van der Waals surface area contributed by atoms with Gasteiger partial charge < -0.3 is 19.2 Å². The fourth-order valence-corrected chi connectivity index (χ4v) is 4.21. The lowest BCUT2D eigenvalue weighted by Gasteiger charge is -2.31. The summed E-state index contributed by atoms with van der Waals surface area (Å²) in [6.45, 7) is 9.47.